The van der Waals surface area contributed by atoms with Crippen LogP contribution < -0.4 is 10.2 Å². The summed E-state index contributed by atoms with van der Waals surface area (Å²) < 4.78 is 2.07. The number of nitrogens with zero attached hydrogens (tertiary/aromatic N) is 3. The molecule has 1 aliphatic carbocycles. The van der Waals surface area contributed by atoms with Crippen molar-refractivity contribution in [2.75, 3.05) is 18.0 Å². The zero-order chi connectivity index (χ0) is 14.2. The molecule has 4 nitrogen and oxygen atoms in total. The van der Waals surface area contributed by atoms with Gasteiger partial charge in [-0.3, -0.25) is 4.68 Å². The molecule has 2 heterocycles. The van der Waals surface area contributed by atoms with Crippen LogP contribution in [-0.2, 0) is 0 Å². The van der Waals surface area contributed by atoms with E-state index in [1.165, 1.54) is 37.8 Å². The Morgan fingerprint density at radius 2 is 2.05 bits per heavy atom. The molecular weight excluding hydrogens is 248 g/mol. The number of hydrogen-bond acceptors (Lipinski definition) is 3. The molecule has 0 bridgehead atoms. The lowest BCUT2D eigenvalue weighted by Crippen LogP contribution is -2.64. The standard InChI is InChI=1S/C16H28N4/c1-13(2)20-11-15(10-18-20)19-12-16(17-9-14(19)3)7-5-4-6-8-16/h10-11,13-14,17H,4-9,12H2,1-3H3. The van der Waals surface area contributed by atoms with Gasteiger partial charge in [0.2, 0.25) is 0 Å². The molecule has 4 heteroatoms. The topological polar surface area (TPSA) is 33.1 Å². The van der Waals surface area contributed by atoms with Crippen LogP contribution in [0.25, 0.3) is 0 Å². The van der Waals surface area contributed by atoms with Crippen molar-refractivity contribution in [3.63, 3.8) is 0 Å². The van der Waals surface area contributed by atoms with E-state index in [9.17, 15) is 0 Å². The summed E-state index contributed by atoms with van der Waals surface area (Å²) in [6.45, 7) is 8.90. The lowest BCUT2D eigenvalue weighted by molar-refractivity contribution is 0.200. The number of aromatic nitrogens is 2. The number of hydrogen-bond donors (Lipinski definition) is 1. The molecule has 3 rings (SSSR count). The third kappa shape index (κ3) is 2.58. The zero-order valence-electron chi connectivity index (χ0n) is 13.1. The van der Waals surface area contributed by atoms with Crippen molar-refractivity contribution in [2.45, 2.75) is 70.5 Å². The van der Waals surface area contributed by atoms with Crippen molar-refractivity contribution in [1.82, 2.24) is 15.1 Å². The normalized spacial score (nSPS) is 26.4. The minimum absolute atomic E-state index is 0.352. The predicted molar refractivity (Wildman–Crippen MR) is 83.2 cm³/mol. The fourth-order valence-electron chi connectivity index (χ4n) is 3.68. The van der Waals surface area contributed by atoms with Gasteiger partial charge in [-0.05, 0) is 33.6 Å². The molecule has 1 spiro atoms. The molecule has 1 saturated carbocycles. The van der Waals surface area contributed by atoms with Crippen molar-refractivity contribution in [2.24, 2.45) is 0 Å². The first kappa shape index (κ1) is 13.9. The molecule has 0 aromatic carbocycles. The number of rotatable bonds is 2. The first-order valence-corrected chi connectivity index (χ1v) is 8.15. The minimum atomic E-state index is 0.352. The average molecular weight is 276 g/mol. The van der Waals surface area contributed by atoms with Gasteiger partial charge in [-0.2, -0.15) is 5.10 Å². The van der Waals surface area contributed by atoms with E-state index >= 15 is 0 Å². The summed E-state index contributed by atoms with van der Waals surface area (Å²) in [5, 5.41) is 8.36. The van der Waals surface area contributed by atoms with E-state index in [4.69, 9.17) is 0 Å². The summed E-state index contributed by atoms with van der Waals surface area (Å²) in [5.41, 5.74) is 1.64. The molecule has 0 radical (unpaired) electrons. The van der Waals surface area contributed by atoms with Gasteiger partial charge < -0.3 is 10.2 Å². The van der Waals surface area contributed by atoms with Gasteiger partial charge in [0.15, 0.2) is 0 Å². The summed E-state index contributed by atoms with van der Waals surface area (Å²) in [7, 11) is 0. The maximum absolute atomic E-state index is 4.51. The summed E-state index contributed by atoms with van der Waals surface area (Å²) in [4.78, 5) is 2.56. The highest BCUT2D eigenvalue weighted by Crippen LogP contribution is 2.33. The van der Waals surface area contributed by atoms with Gasteiger partial charge in [0.25, 0.3) is 0 Å². The predicted octanol–water partition coefficient (Wildman–Crippen LogP) is 2.97. The molecule has 1 aliphatic heterocycles. The lowest BCUT2D eigenvalue weighted by Gasteiger charge is -2.49. The SMILES string of the molecule is CC1CNC2(CCCCC2)CN1c1cnn(C(C)C)c1. The van der Waals surface area contributed by atoms with Crippen molar-refractivity contribution in [1.29, 1.82) is 0 Å². The first-order valence-electron chi connectivity index (χ1n) is 8.15. The molecule has 1 aromatic rings. The number of piperazine rings is 1. The van der Waals surface area contributed by atoms with Crippen LogP contribution >= 0.6 is 0 Å². The second-order valence-electron chi connectivity index (χ2n) is 6.97. The summed E-state index contributed by atoms with van der Waals surface area (Å²) >= 11 is 0. The number of anilines is 1. The van der Waals surface area contributed by atoms with E-state index < -0.39 is 0 Å². The maximum atomic E-state index is 4.51. The van der Waals surface area contributed by atoms with Crippen LogP contribution in [0, 0.1) is 0 Å². The lowest BCUT2D eigenvalue weighted by atomic mass is 9.79. The Morgan fingerprint density at radius 1 is 1.30 bits per heavy atom. The molecule has 1 aromatic heterocycles. The highest BCUT2D eigenvalue weighted by molar-refractivity contribution is 5.45. The average Bonchev–Trinajstić information content (AvgIpc) is 2.93. The molecule has 1 atom stereocenters. The van der Waals surface area contributed by atoms with E-state index in [0.717, 1.165) is 13.1 Å². The fraction of sp³-hybridized carbons (Fsp3) is 0.812. The summed E-state index contributed by atoms with van der Waals surface area (Å²) in [5.74, 6) is 0. The fourth-order valence-corrected chi connectivity index (χ4v) is 3.68. The molecule has 1 unspecified atom stereocenters. The van der Waals surface area contributed by atoms with Gasteiger partial charge in [-0.15, -0.1) is 0 Å². The van der Waals surface area contributed by atoms with E-state index in [0.29, 0.717) is 17.6 Å². The van der Waals surface area contributed by atoms with Gasteiger partial charge in [0.05, 0.1) is 11.9 Å². The highest BCUT2D eigenvalue weighted by atomic mass is 15.3. The molecule has 0 amide bonds. The summed E-state index contributed by atoms with van der Waals surface area (Å²) in [6.07, 6.45) is 11.1. The van der Waals surface area contributed by atoms with E-state index in [1.54, 1.807) is 0 Å². The van der Waals surface area contributed by atoms with Crippen molar-refractivity contribution in [3.8, 4) is 0 Å². The third-order valence-electron chi connectivity index (χ3n) is 5.04. The van der Waals surface area contributed by atoms with Gasteiger partial charge in [-0.1, -0.05) is 19.3 Å². The van der Waals surface area contributed by atoms with Gasteiger partial charge in [0, 0.05) is 36.9 Å². The Labute approximate surface area is 122 Å². The van der Waals surface area contributed by atoms with E-state index in [-0.39, 0.29) is 0 Å². The third-order valence-corrected chi connectivity index (χ3v) is 5.04. The van der Waals surface area contributed by atoms with Gasteiger partial charge in [0.1, 0.15) is 0 Å². The molecule has 112 valence electrons. The molecular formula is C16H28N4. The van der Waals surface area contributed by atoms with Crippen LogP contribution in [0.15, 0.2) is 12.4 Å². The van der Waals surface area contributed by atoms with Gasteiger partial charge in [-0.25, -0.2) is 0 Å². The highest BCUT2D eigenvalue weighted by Gasteiger charge is 2.38. The smallest absolute Gasteiger partial charge is 0.0756 e. The van der Waals surface area contributed by atoms with E-state index in [1.807, 2.05) is 6.20 Å². The second-order valence-corrected chi connectivity index (χ2v) is 6.97. The quantitative estimate of drug-likeness (QED) is 0.901. The number of nitrogens with one attached hydrogen (secondary N) is 1. The van der Waals surface area contributed by atoms with E-state index in [2.05, 4.69) is 47.0 Å². The van der Waals surface area contributed by atoms with Crippen LogP contribution in [0.4, 0.5) is 5.69 Å². The second kappa shape index (κ2) is 5.40. The maximum Gasteiger partial charge on any atom is 0.0756 e. The molecule has 2 aliphatic rings. The molecule has 20 heavy (non-hydrogen) atoms. The molecule has 1 N–H and O–H groups in total. The van der Waals surface area contributed by atoms with Gasteiger partial charge >= 0.3 is 0 Å². The van der Waals surface area contributed by atoms with Crippen molar-refractivity contribution in [3.05, 3.63) is 12.4 Å². The Bertz CT molecular complexity index is 445. The van der Waals surface area contributed by atoms with Crippen LogP contribution in [-0.4, -0.2) is 34.5 Å². The molecule has 2 fully saturated rings. The van der Waals surface area contributed by atoms with Crippen LogP contribution in [0.2, 0.25) is 0 Å². The largest absolute Gasteiger partial charge is 0.363 e. The minimum Gasteiger partial charge on any atom is -0.363 e. The Hall–Kier alpha value is -1.03. The summed E-state index contributed by atoms with van der Waals surface area (Å²) in [6, 6.07) is 0.984. The van der Waals surface area contributed by atoms with Crippen molar-refractivity contribution < 1.29 is 0 Å². The zero-order valence-corrected chi connectivity index (χ0v) is 13.1. The van der Waals surface area contributed by atoms with Crippen LogP contribution in [0.5, 0.6) is 0 Å². The first-order chi connectivity index (χ1) is 9.60. The Morgan fingerprint density at radius 3 is 2.70 bits per heavy atom. The van der Waals surface area contributed by atoms with Crippen LogP contribution in [0.1, 0.15) is 58.9 Å². The Balaban J connectivity index is 1.79. The molecule has 1 saturated heterocycles. The van der Waals surface area contributed by atoms with Crippen LogP contribution in [0.3, 0.4) is 0 Å². The van der Waals surface area contributed by atoms with Crippen molar-refractivity contribution >= 4 is 5.69 Å². The monoisotopic (exact) mass is 276 g/mol. The Kier molecular flexibility index (Phi) is 3.76.